The molecular formula is C11H9N7S. The van der Waals surface area contributed by atoms with Crippen molar-refractivity contribution in [1.82, 2.24) is 30.2 Å². The molecule has 0 saturated carbocycles. The molecule has 3 rings (SSSR count). The summed E-state index contributed by atoms with van der Waals surface area (Å²) in [6, 6.07) is 11.3. The molecule has 7 nitrogen and oxygen atoms in total. The second-order valence-electron chi connectivity index (χ2n) is 3.59. The molecule has 3 aromatic rings. The largest absolute Gasteiger partial charge is 0.384 e. The van der Waals surface area contributed by atoms with Gasteiger partial charge in [-0.15, -0.1) is 5.10 Å². The molecule has 94 valence electrons. The van der Waals surface area contributed by atoms with Crippen molar-refractivity contribution in [3.63, 3.8) is 0 Å². The number of nitrogen functional groups attached to an aromatic ring is 1. The Kier molecular flexibility index (Phi) is 3.07. The van der Waals surface area contributed by atoms with Crippen LogP contribution in [0.1, 0.15) is 0 Å². The molecule has 0 fully saturated rings. The van der Waals surface area contributed by atoms with Crippen molar-refractivity contribution in [1.29, 1.82) is 0 Å². The molecule has 0 atom stereocenters. The summed E-state index contributed by atoms with van der Waals surface area (Å²) in [6.07, 6.45) is 1.41. The van der Waals surface area contributed by atoms with Gasteiger partial charge in [-0.25, -0.2) is 9.97 Å². The fourth-order valence-electron chi connectivity index (χ4n) is 1.48. The number of tetrazole rings is 1. The Bertz CT molecular complexity index is 682. The van der Waals surface area contributed by atoms with Gasteiger partial charge in [0, 0.05) is 6.07 Å². The van der Waals surface area contributed by atoms with Crippen LogP contribution in [-0.2, 0) is 0 Å². The summed E-state index contributed by atoms with van der Waals surface area (Å²) in [7, 11) is 0. The number of hydrogen-bond acceptors (Lipinski definition) is 7. The maximum atomic E-state index is 5.61. The van der Waals surface area contributed by atoms with Crippen LogP contribution in [0.3, 0.4) is 0 Å². The monoisotopic (exact) mass is 271 g/mol. The van der Waals surface area contributed by atoms with Crippen LogP contribution in [0.25, 0.3) is 5.69 Å². The quantitative estimate of drug-likeness (QED) is 0.715. The predicted molar refractivity (Wildman–Crippen MR) is 69.7 cm³/mol. The van der Waals surface area contributed by atoms with Crippen LogP contribution in [0, 0.1) is 0 Å². The smallest absolute Gasteiger partial charge is 0.220 e. The van der Waals surface area contributed by atoms with Crippen molar-refractivity contribution in [2.75, 3.05) is 5.73 Å². The van der Waals surface area contributed by atoms with E-state index in [0.29, 0.717) is 16.0 Å². The van der Waals surface area contributed by atoms with Crippen LogP contribution >= 0.6 is 11.8 Å². The minimum Gasteiger partial charge on any atom is -0.384 e. The van der Waals surface area contributed by atoms with E-state index < -0.39 is 0 Å². The van der Waals surface area contributed by atoms with Crippen LogP contribution in [0.2, 0.25) is 0 Å². The summed E-state index contributed by atoms with van der Waals surface area (Å²) >= 11 is 1.33. The van der Waals surface area contributed by atoms with Crippen molar-refractivity contribution >= 4 is 17.6 Å². The molecule has 0 aliphatic rings. The van der Waals surface area contributed by atoms with Crippen LogP contribution in [0.4, 0.5) is 5.82 Å². The van der Waals surface area contributed by atoms with Gasteiger partial charge in [-0.05, 0) is 34.3 Å². The zero-order chi connectivity index (χ0) is 13.1. The fourth-order valence-corrected chi connectivity index (χ4v) is 2.25. The molecule has 0 aliphatic heterocycles. The summed E-state index contributed by atoms with van der Waals surface area (Å²) in [4.78, 5) is 7.96. The molecule has 0 saturated heterocycles. The van der Waals surface area contributed by atoms with E-state index >= 15 is 0 Å². The number of aromatic nitrogens is 6. The number of para-hydroxylation sites is 1. The van der Waals surface area contributed by atoms with Gasteiger partial charge in [0.15, 0.2) is 0 Å². The third kappa shape index (κ3) is 2.52. The summed E-state index contributed by atoms with van der Waals surface area (Å²) in [5.74, 6) is 0.413. The molecule has 0 spiro atoms. The van der Waals surface area contributed by atoms with E-state index in [2.05, 4.69) is 25.5 Å². The van der Waals surface area contributed by atoms with Crippen molar-refractivity contribution in [2.24, 2.45) is 0 Å². The lowest BCUT2D eigenvalue weighted by atomic mass is 10.3. The van der Waals surface area contributed by atoms with Gasteiger partial charge in [0.05, 0.1) is 5.69 Å². The predicted octanol–water partition coefficient (Wildman–Crippen LogP) is 1.19. The second kappa shape index (κ2) is 5.02. The fraction of sp³-hybridized carbons (Fsp3) is 0. The van der Waals surface area contributed by atoms with Gasteiger partial charge >= 0.3 is 0 Å². The molecule has 0 aliphatic carbocycles. The van der Waals surface area contributed by atoms with Crippen molar-refractivity contribution < 1.29 is 0 Å². The lowest BCUT2D eigenvalue weighted by molar-refractivity contribution is 0.756. The Morgan fingerprint density at radius 3 is 2.74 bits per heavy atom. The van der Waals surface area contributed by atoms with Gasteiger partial charge in [0.1, 0.15) is 17.2 Å². The SMILES string of the molecule is Nc1cc(Sc2nnnn2-c2ccccc2)ncn1. The van der Waals surface area contributed by atoms with Gasteiger partial charge in [-0.2, -0.15) is 4.68 Å². The zero-order valence-electron chi connectivity index (χ0n) is 9.71. The van der Waals surface area contributed by atoms with E-state index in [0.717, 1.165) is 5.69 Å². The maximum Gasteiger partial charge on any atom is 0.220 e. The van der Waals surface area contributed by atoms with Crippen LogP contribution < -0.4 is 5.73 Å². The summed E-state index contributed by atoms with van der Waals surface area (Å²) in [6.45, 7) is 0. The average Bonchev–Trinajstić information content (AvgIpc) is 2.88. The normalized spacial score (nSPS) is 10.5. The van der Waals surface area contributed by atoms with Crippen LogP contribution in [0.5, 0.6) is 0 Å². The highest BCUT2D eigenvalue weighted by Crippen LogP contribution is 2.25. The molecule has 0 radical (unpaired) electrons. The highest BCUT2D eigenvalue weighted by atomic mass is 32.2. The third-order valence-corrected chi connectivity index (χ3v) is 3.17. The van der Waals surface area contributed by atoms with Crippen LogP contribution in [0.15, 0.2) is 52.9 Å². The molecule has 2 N–H and O–H groups in total. The Labute approximate surface area is 112 Å². The third-order valence-electron chi connectivity index (χ3n) is 2.30. The van der Waals surface area contributed by atoms with E-state index in [1.165, 1.54) is 18.1 Å². The minimum absolute atomic E-state index is 0.413. The Morgan fingerprint density at radius 1 is 1.11 bits per heavy atom. The van der Waals surface area contributed by atoms with Gasteiger partial charge in [0.25, 0.3) is 0 Å². The van der Waals surface area contributed by atoms with E-state index in [4.69, 9.17) is 5.73 Å². The highest BCUT2D eigenvalue weighted by molar-refractivity contribution is 7.99. The van der Waals surface area contributed by atoms with Gasteiger partial charge < -0.3 is 5.73 Å². The lowest BCUT2D eigenvalue weighted by Gasteiger charge is -2.03. The first-order chi connectivity index (χ1) is 9.33. The molecule has 8 heteroatoms. The van der Waals surface area contributed by atoms with Crippen molar-refractivity contribution in [3.8, 4) is 5.69 Å². The Balaban J connectivity index is 1.93. The number of anilines is 1. The first-order valence-corrected chi connectivity index (χ1v) is 6.24. The first kappa shape index (κ1) is 11.6. The van der Waals surface area contributed by atoms with E-state index in [1.807, 2.05) is 30.3 Å². The lowest BCUT2D eigenvalue weighted by Crippen LogP contribution is -1.99. The average molecular weight is 271 g/mol. The Morgan fingerprint density at radius 2 is 1.95 bits per heavy atom. The summed E-state index contributed by atoms with van der Waals surface area (Å²) in [5.41, 5.74) is 6.50. The first-order valence-electron chi connectivity index (χ1n) is 5.42. The number of nitrogens with zero attached hydrogens (tertiary/aromatic N) is 6. The standard InChI is InChI=1S/C11H9N7S/c12-9-6-10(14-7-13-9)19-11-15-16-17-18(11)8-4-2-1-3-5-8/h1-7H,(H2,12,13,14). The number of benzene rings is 1. The molecule has 19 heavy (non-hydrogen) atoms. The minimum atomic E-state index is 0.413. The topological polar surface area (TPSA) is 95.4 Å². The van der Waals surface area contributed by atoms with E-state index in [-0.39, 0.29) is 0 Å². The number of nitrogens with two attached hydrogens (primary N) is 1. The maximum absolute atomic E-state index is 5.61. The Hall–Kier alpha value is -2.48. The van der Waals surface area contributed by atoms with E-state index in [1.54, 1.807) is 10.7 Å². The molecule has 1 aromatic carbocycles. The zero-order valence-corrected chi connectivity index (χ0v) is 10.5. The summed E-state index contributed by atoms with van der Waals surface area (Å²) in [5, 5.41) is 12.9. The second-order valence-corrected chi connectivity index (χ2v) is 4.58. The number of rotatable bonds is 3. The van der Waals surface area contributed by atoms with Gasteiger partial charge in [-0.1, -0.05) is 18.2 Å². The number of hydrogen-bond donors (Lipinski definition) is 1. The molecule has 0 bridgehead atoms. The van der Waals surface area contributed by atoms with E-state index in [9.17, 15) is 0 Å². The van der Waals surface area contributed by atoms with Gasteiger partial charge in [0.2, 0.25) is 5.16 Å². The summed E-state index contributed by atoms with van der Waals surface area (Å²) < 4.78 is 1.64. The molecule has 2 heterocycles. The molecule has 0 amide bonds. The van der Waals surface area contributed by atoms with Gasteiger partial charge in [-0.3, -0.25) is 0 Å². The molecule has 0 unspecified atom stereocenters. The van der Waals surface area contributed by atoms with Crippen LogP contribution in [-0.4, -0.2) is 30.2 Å². The van der Waals surface area contributed by atoms with Crippen molar-refractivity contribution in [3.05, 3.63) is 42.7 Å². The highest BCUT2D eigenvalue weighted by Gasteiger charge is 2.10. The molecular weight excluding hydrogens is 262 g/mol. The van der Waals surface area contributed by atoms with Crippen molar-refractivity contribution in [2.45, 2.75) is 10.2 Å². The molecule has 2 aromatic heterocycles.